The summed E-state index contributed by atoms with van der Waals surface area (Å²) < 4.78 is 32.1. The Morgan fingerprint density at radius 3 is 1.97 bits per heavy atom. The molecule has 416 valence electrons. The number of carbonyl (C=O) groups is 2. The Hall–Kier alpha value is -2.59. The molecule has 3 aliphatic heterocycles. The van der Waals surface area contributed by atoms with Crippen LogP contribution in [0.2, 0.25) is 0 Å². The summed E-state index contributed by atoms with van der Waals surface area (Å²) in [7, 11) is 3.36. The third-order valence-corrected chi connectivity index (χ3v) is 22.0. The minimum Gasteiger partial charge on any atom is -0.383 e. The molecule has 2 aromatic carbocycles. The molecule has 0 aromatic heterocycles. The molecule has 2 aromatic rings. The standard InChI is InChI=1S/C58H97N2O12P/c1-15-47-58(10,67)51(63)41(6)60(48(61)31-25-17-16-18-26-32-73(14,43-27-21-19-22-28-43)44-29-23-20-24-30-44)36-37(2)34-56(8,66)53(72-55-50(62)45(59(11)12)33-38(3)69-55)39(4)49(40(5)54(65)71-47)46-35-57(9,68-13)52(64)42(7)70-46/h19-24,27-30,37-42,45-47,49-53,55,62-64,66-67,73H,15-18,25-26,31-36H2,1-14H3/t37-,38-,39+,40-,41-,42+,45+,46-,47-,49?,50-,51-,52+,53-,55+,56-,57-,58-/m1/s1. The molecule has 0 spiro atoms. The summed E-state index contributed by atoms with van der Waals surface area (Å²) >= 11 is 0. The minimum absolute atomic E-state index is 0.105. The number of cyclic esters (lactones) is 1. The number of amides is 1. The molecular weight excluding hydrogens is 948 g/mol. The van der Waals surface area contributed by atoms with Gasteiger partial charge in [-0.1, -0.05) is 20.8 Å². The Morgan fingerprint density at radius 2 is 1.41 bits per heavy atom. The minimum atomic E-state index is -1.98. The number of hydrogen-bond donors (Lipinski definition) is 5. The molecule has 3 saturated heterocycles. The van der Waals surface area contributed by atoms with E-state index < -0.39 is 103 Å². The van der Waals surface area contributed by atoms with Crippen LogP contribution in [0.1, 0.15) is 133 Å². The van der Waals surface area contributed by atoms with E-state index in [-0.39, 0.29) is 56.2 Å². The first-order valence-corrected chi connectivity index (χ1v) is 30.2. The molecule has 3 aliphatic rings. The second-order valence-electron chi connectivity index (χ2n) is 23.7. The Bertz CT molecular complexity index is 1970. The number of esters is 1. The fourth-order valence-electron chi connectivity index (χ4n) is 12.9. The number of likely N-dealkylation sites (N-methyl/N-ethyl adjacent to an activating group) is 1. The number of rotatable bonds is 16. The zero-order chi connectivity index (χ0) is 54.2. The van der Waals surface area contributed by atoms with Crippen LogP contribution in [-0.2, 0) is 33.3 Å². The number of ether oxygens (including phenoxy) is 5. The molecule has 73 heavy (non-hydrogen) atoms. The molecule has 0 aliphatic carbocycles. The quantitative estimate of drug-likeness (QED) is 0.0703. The van der Waals surface area contributed by atoms with Crippen LogP contribution >= 0.6 is 7.26 Å². The van der Waals surface area contributed by atoms with Crippen LogP contribution in [0.5, 0.6) is 0 Å². The molecule has 0 radical (unpaired) electrons. The SMILES string of the molecule is CC[C@H]1OC(=O)[C@H](C)C([C@H]2C[C@@](C)(OC)[C@@H](O)[C@H](C)O2)[C@H](C)[C@@H](O[C@@H]2O[C@H](C)C[C@H](N(C)C)[C@H]2O)[C@](C)(O)C[C@@H](C)CN(C(=O)CCCCCCC[PH](C)(c2ccccc2)c2ccccc2)[C@H](C)[C@@H](O)[C@]1(C)O. The molecule has 5 rings (SSSR count). The Morgan fingerprint density at radius 1 is 0.836 bits per heavy atom. The zero-order valence-electron chi connectivity index (χ0n) is 46.9. The van der Waals surface area contributed by atoms with Crippen LogP contribution in [0, 0.1) is 23.7 Å². The smallest absolute Gasteiger partial charge is 0.383 e. The number of aliphatic hydroxyl groups is 5. The maximum atomic E-state index is 14.8. The van der Waals surface area contributed by atoms with Crippen molar-refractivity contribution in [3.63, 3.8) is 0 Å². The van der Waals surface area contributed by atoms with Crippen LogP contribution in [0.25, 0.3) is 0 Å². The van der Waals surface area contributed by atoms with E-state index in [1.54, 1.807) is 39.5 Å². The van der Waals surface area contributed by atoms with E-state index in [9.17, 15) is 35.1 Å². The normalized spacial score (nSPS) is 38.8. The van der Waals surface area contributed by atoms with Crippen LogP contribution in [0.3, 0.4) is 0 Å². The summed E-state index contributed by atoms with van der Waals surface area (Å²) in [5.41, 5.74) is -4.71. The van der Waals surface area contributed by atoms with Crippen molar-refractivity contribution in [1.82, 2.24) is 9.80 Å². The van der Waals surface area contributed by atoms with E-state index in [2.05, 4.69) is 67.3 Å². The Balaban J connectivity index is 1.44. The molecule has 18 atom stereocenters. The van der Waals surface area contributed by atoms with Crippen molar-refractivity contribution >= 4 is 29.7 Å². The fraction of sp³-hybridized carbons (Fsp3) is 0.759. The molecule has 3 fully saturated rings. The third-order valence-electron chi connectivity index (χ3n) is 17.5. The first-order chi connectivity index (χ1) is 34.2. The van der Waals surface area contributed by atoms with Crippen LogP contribution < -0.4 is 10.6 Å². The van der Waals surface area contributed by atoms with E-state index in [4.69, 9.17) is 23.7 Å². The summed E-state index contributed by atoms with van der Waals surface area (Å²) in [6, 6.07) is 20.5. The van der Waals surface area contributed by atoms with Gasteiger partial charge in [-0.3, -0.25) is 4.79 Å². The average molecular weight is 1050 g/mol. The molecule has 3 heterocycles. The van der Waals surface area contributed by atoms with Gasteiger partial charge in [0.25, 0.3) is 0 Å². The van der Waals surface area contributed by atoms with Crippen molar-refractivity contribution in [3.8, 4) is 0 Å². The van der Waals surface area contributed by atoms with Gasteiger partial charge in [0.1, 0.15) is 18.3 Å². The van der Waals surface area contributed by atoms with E-state index in [0.29, 0.717) is 12.8 Å². The number of unbranched alkanes of at least 4 members (excludes halogenated alkanes) is 4. The topological polar surface area (TPSA) is 188 Å². The monoisotopic (exact) mass is 1040 g/mol. The summed E-state index contributed by atoms with van der Waals surface area (Å²) in [5.74, 6) is -3.63. The van der Waals surface area contributed by atoms with Crippen molar-refractivity contribution in [2.24, 2.45) is 23.7 Å². The fourth-order valence-corrected chi connectivity index (χ4v) is 16.6. The number of benzene rings is 2. The molecule has 15 heteroatoms. The van der Waals surface area contributed by atoms with Gasteiger partial charge in [0, 0.05) is 25.5 Å². The van der Waals surface area contributed by atoms with Crippen molar-refractivity contribution in [1.29, 1.82) is 0 Å². The zero-order valence-corrected chi connectivity index (χ0v) is 47.9. The summed E-state index contributed by atoms with van der Waals surface area (Å²) in [6.07, 6.45) is -1.79. The van der Waals surface area contributed by atoms with Crippen molar-refractivity contribution in [2.45, 2.75) is 217 Å². The van der Waals surface area contributed by atoms with E-state index in [1.807, 2.05) is 46.7 Å². The van der Waals surface area contributed by atoms with Crippen LogP contribution in [0.4, 0.5) is 0 Å². The number of aliphatic hydroxyl groups excluding tert-OH is 3. The predicted octanol–water partition coefficient (Wildman–Crippen LogP) is 6.44. The third kappa shape index (κ3) is 14.5. The number of hydrogen-bond acceptors (Lipinski definition) is 13. The van der Waals surface area contributed by atoms with Gasteiger partial charge >= 0.3 is 207 Å². The van der Waals surface area contributed by atoms with Gasteiger partial charge in [0.2, 0.25) is 0 Å². The van der Waals surface area contributed by atoms with Gasteiger partial charge in [-0.2, -0.15) is 0 Å². The molecule has 0 saturated carbocycles. The van der Waals surface area contributed by atoms with Gasteiger partial charge < -0.3 is 49.0 Å². The molecule has 1 amide bonds. The maximum absolute atomic E-state index is 14.8. The van der Waals surface area contributed by atoms with Gasteiger partial charge in [0.05, 0.1) is 41.5 Å². The molecule has 14 nitrogen and oxygen atoms in total. The van der Waals surface area contributed by atoms with E-state index in [0.717, 1.165) is 31.8 Å². The van der Waals surface area contributed by atoms with Crippen LogP contribution in [0.15, 0.2) is 60.7 Å². The summed E-state index contributed by atoms with van der Waals surface area (Å²) in [4.78, 5) is 32.9. The summed E-state index contributed by atoms with van der Waals surface area (Å²) in [5, 5.41) is 63.6. The van der Waals surface area contributed by atoms with Gasteiger partial charge in [0.15, 0.2) is 6.29 Å². The van der Waals surface area contributed by atoms with Crippen molar-refractivity contribution in [3.05, 3.63) is 60.7 Å². The average Bonchev–Trinajstić information content (AvgIpc) is 3.35. The number of methoxy groups -OCH3 is 1. The molecule has 0 bridgehead atoms. The van der Waals surface area contributed by atoms with Crippen molar-refractivity contribution in [2.75, 3.05) is 40.6 Å². The van der Waals surface area contributed by atoms with E-state index in [1.165, 1.54) is 24.6 Å². The first-order valence-electron chi connectivity index (χ1n) is 27.5. The van der Waals surface area contributed by atoms with Gasteiger partial charge in [-0.05, 0) is 67.5 Å². The predicted molar refractivity (Wildman–Crippen MR) is 291 cm³/mol. The number of nitrogens with zero attached hydrogens (tertiary/aromatic N) is 2. The second-order valence-corrected chi connectivity index (χ2v) is 28.0. The first kappa shape index (κ1) is 61.3. The van der Waals surface area contributed by atoms with Gasteiger partial charge in [-0.25, -0.2) is 0 Å². The summed E-state index contributed by atoms with van der Waals surface area (Å²) in [6.45, 7) is 20.3. The number of carbonyl (C=O) groups excluding carboxylic acids is 2. The second kappa shape index (κ2) is 26.2. The molecular formula is C58H97N2O12P. The Kier molecular flexibility index (Phi) is 22.0. The molecule has 1 unspecified atom stereocenters. The van der Waals surface area contributed by atoms with E-state index >= 15 is 0 Å². The van der Waals surface area contributed by atoms with Crippen LogP contribution in [-0.4, -0.2) is 172 Å². The van der Waals surface area contributed by atoms with Crippen molar-refractivity contribution < 1.29 is 58.8 Å². The Labute approximate surface area is 439 Å². The van der Waals surface area contributed by atoms with Gasteiger partial charge in [-0.15, -0.1) is 0 Å². The molecule has 5 N–H and O–H groups in total.